The van der Waals surface area contributed by atoms with E-state index in [1.165, 1.54) is 16.7 Å². The highest BCUT2D eigenvalue weighted by molar-refractivity contribution is 7.80. The molecule has 2 rings (SSSR count). The maximum Gasteiger partial charge on any atom is 0.169 e. The fourth-order valence-electron chi connectivity index (χ4n) is 2.60. The summed E-state index contributed by atoms with van der Waals surface area (Å²) in [5.74, 6) is 0.547. The summed E-state index contributed by atoms with van der Waals surface area (Å²) in [5, 5.41) is 4.04. The first-order valence-electron chi connectivity index (χ1n) is 8.74. The van der Waals surface area contributed by atoms with Crippen molar-refractivity contribution in [1.29, 1.82) is 0 Å². The van der Waals surface area contributed by atoms with Crippen LogP contribution in [0.25, 0.3) is 0 Å². The molecular weight excluding hydrogens is 328 g/mol. The third-order valence-corrected chi connectivity index (χ3v) is 4.51. The first-order chi connectivity index (χ1) is 12.1. The highest BCUT2D eigenvalue weighted by Gasteiger charge is 2.11. The van der Waals surface area contributed by atoms with Crippen LogP contribution in [0, 0.1) is 0 Å². The van der Waals surface area contributed by atoms with Crippen LogP contribution in [0.2, 0.25) is 0 Å². The second-order valence-corrected chi connectivity index (χ2v) is 6.85. The molecule has 0 saturated carbocycles. The summed E-state index contributed by atoms with van der Waals surface area (Å²) in [4.78, 5) is 2.20. The van der Waals surface area contributed by atoms with Crippen LogP contribution in [0.1, 0.15) is 36.5 Å². The number of nitrogens with zero attached hydrogens (tertiary/aromatic N) is 1. The average Bonchev–Trinajstić information content (AvgIpc) is 2.62. The number of nitrogens with one attached hydrogen (secondary N) is 1. The summed E-state index contributed by atoms with van der Waals surface area (Å²) in [7, 11) is 1.70. The van der Waals surface area contributed by atoms with E-state index in [1.807, 2.05) is 6.07 Å². The van der Waals surface area contributed by atoms with Crippen molar-refractivity contribution in [2.75, 3.05) is 20.3 Å². The van der Waals surface area contributed by atoms with Gasteiger partial charge in [0.25, 0.3) is 0 Å². The van der Waals surface area contributed by atoms with E-state index in [1.54, 1.807) is 7.11 Å². The second-order valence-electron chi connectivity index (χ2n) is 6.46. The molecule has 0 heterocycles. The lowest BCUT2D eigenvalue weighted by Crippen LogP contribution is -2.40. The van der Waals surface area contributed by atoms with Crippen LogP contribution in [0.15, 0.2) is 54.6 Å². The molecule has 0 amide bonds. The van der Waals surface area contributed by atoms with Crippen molar-refractivity contribution < 1.29 is 4.74 Å². The minimum absolute atomic E-state index is 0.547. The standard InChI is InChI=1S/C21H28N2OS/c1-17(2)20-11-9-19(10-12-20)16-23(21(25)22-13-14-24-3)15-18-7-5-4-6-8-18/h4-12,17H,13-16H2,1-3H3,(H,22,25). The zero-order valence-electron chi connectivity index (χ0n) is 15.4. The van der Waals surface area contributed by atoms with Gasteiger partial charge in [0.2, 0.25) is 0 Å². The van der Waals surface area contributed by atoms with Crippen LogP contribution in [0.3, 0.4) is 0 Å². The summed E-state index contributed by atoms with van der Waals surface area (Å²) in [6.45, 7) is 7.35. The molecule has 0 saturated heterocycles. The van der Waals surface area contributed by atoms with Crippen LogP contribution >= 0.6 is 12.2 Å². The van der Waals surface area contributed by atoms with Crippen molar-refractivity contribution in [2.24, 2.45) is 0 Å². The molecule has 4 heteroatoms. The molecule has 0 aliphatic carbocycles. The number of ether oxygens (including phenoxy) is 1. The lowest BCUT2D eigenvalue weighted by atomic mass is 10.0. The molecule has 0 radical (unpaired) electrons. The Kier molecular flexibility index (Phi) is 7.89. The van der Waals surface area contributed by atoms with Gasteiger partial charge in [-0.2, -0.15) is 0 Å². The van der Waals surface area contributed by atoms with E-state index < -0.39 is 0 Å². The van der Waals surface area contributed by atoms with Gasteiger partial charge in [0.05, 0.1) is 6.61 Å². The monoisotopic (exact) mass is 356 g/mol. The van der Waals surface area contributed by atoms with Crippen molar-refractivity contribution in [2.45, 2.75) is 32.9 Å². The summed E-state index contributed by atoms with van der Waals surface area (Å²) in [6, 6.07) is 19.2. The van der Waals surface area contributed by atoms with Crippen LogP contribution < -0.4 is 5.32 Å². The fourth-order valence-corrected chi connectivity index (χ4v) is 2.83. The molecule has 134 valence electrons. The van der Waals surface area contributed by atoms with E-state index in [0.717, 1.165) is 18.2 Å². The molecule has 0 fully saturated rings. The average molecular weight is 357 g/mol. The number of hydrogen-bond donors (Lipinski definition) is 1. The van der Waals surface area contributed by atoms with Crippen molar-refractivity contribution in [1.82, 2.24) is 10.2 Å². The molecule has 0 aliphatic heterocycles. The molecule has 2 aromatic carbocycles. The van der Waals surface area contributed by atoms with E-state index in [-0.39, 0.29) is 0 Å². The minimum Gasteiger partial charge on any atom is -0.383 e. The van der Waals surface area contributed by atoms with E-state index >= 15 is 0 Å². The zero-order chi connectivity index (χ0) is 18.1. The van der Waals surface area contributed by atoms with Gasteiger partial charge < -0.3 is 15.0 Å². The zero-order valence-corrected chi connectivity index (χ0v) is 16.2. The molecule has 0 bridgehead atoms. The Bertz CT molecular complexity index is 641. The molecule has 25 heavy (non-hydrogen) atoms. The Morgan fingerprint density at radius 2 is 1.60 bits per heavy atom. The topological polar surface area (TPSA) is 24.5 Å². The van der Waals surface area contributed by atoms with Crippen LogP contribution in [-0.2, 0) is 17.8 Å². The number of rotatable bonds is 8. The quantitative estimate of drug-likeness (QED) is 0.562. The molecular formula is C21H28N2OS. The SMILES string of the molecule is COCCNC(=S)N(Cc1ccccc1)Cc1ccc(C(C)C)cc1. The minimum atomic E-state index is 0.547. The Hall–Kier alpha value is -1.91. The van der Waals surface area contributed by atoms with Gasteiger partial charge in [-0.1, -0.05) is 68.4 Å². The molecule has 1 N–H and O–H groups in total. The van der Waals surface area contributed by atoms with Gasteiger partial charge in [-0.15, -0.1) is 0 Å². The van der Waals surface area contributed by atoms with E-state index in [4.69, 9.17) is 17.0 Å². The Morgan fingerprint density at radius 1 is 1.00 bits per heavy atom. The van der Waals surface area contributed by atoms with Gasteiger partial charge in [0, 0.05) is 26.7 Å². The van der Waals surface area contributed by atoms with Gasteiger partial charge in [0.1, 0.15) is 0 Å². The van der Waals surface area contributed by atoms with Crippen LogP contribution in [0.5, 0.6) is 0 Å². The predicted octanol–water partition coefficient (Wildman–Crippen LogP) is 4.33. The highest BCUT2D eigenvalue weighted by atomic mass is 32.1. The van der Waals surface area contributed by atoms with E-state index in [2.05, 4.69) is 72.6 Å². The third-order valence-electron chi connectivity index (χ3n) is 4.11. The van der Waals surface area contributed by atoms with Crippen molar-refractivity contribution in [3.05, 3.63) is 71.3 Å². The van der Waals surface area contributed by atoms with Gasteiger partial charge >= 0.3 is 0 Å². The van der Waals surface area contributed by atoms with Crippen molar-refractivity contribution >= 4 is 17.3 Å². The van der Waals surface area contributed by atoms with E-state index in [9.17, 15) is 0 Å². The molecule has 3 nitrogen and oxygen atoms in total. The summed E-state index contributed by atoms with van der Waals surface area (Å²) >= 11 is 5.61. The summed E-state index contributed by atoms with van der Waals surface area (Å²) in [5.41, 5.74) is 3.87. The first kappa shape index (κ1) is 19.4. The maximum atomic E-state index is 5.61. The Balaban J connectivity index is 2.08. The number of methoxy groups -OCH3 is 1. The molecule has 0 aliphatic rings. The molecule has 0 unspecified atom stereocenters. The van der Waals surface area contributed by atoms with Crippen LogP contribution in [-0.4, -0.2) is 30.3 Å². The smallest absolute Gasteiger partial charge is 0.169 e. The maximum absolute atomic E-state index is 5.61. The van der Waals surface area contributed by atoms with Gasteiger partial charge in [-0.05, 0) is 34.8 Å². The predicted molar refractivity (Wildman–Crippen MR) is 109 cm³/mol. The number of benzene rings is 2. The number of hydrogen-bond acceptors (Lipinski definition) is 2. The Morgan fingerprint density at radius 3 is 2.16 bits per heavy atom. The molecule has 0 aromatic heterocycles. The largest absolute Gasteiger partial charge is 0.383 e. The lowest BCUT2D eigenvalue weighted by Gasteiger charge is -2.26. The third kappa shape index (κ3) is 6.48. The summed E-state index contributed by atoms with van der Waals surface area (Å²) in [6.07, 6.45) is 0. The lowest BCUT2D eigenvalue weighted by molar-refractivity contribution is 0.202. The van der Waals surface area contributed by atoms with E-state index in [0.29, 0.717) is 19.1 Å². The van der Waals surface area contributed by atoms with Gasteiger partial charge in [-0.3, -0.25) is 0 Å². The van der Waals surface area contributed by atoms with Gasteiger partial charge in [-0.25, -0.2) is 0 Å². The van der Waals surface area contributed by atoms with Crippen molar-refractivity contribution in [3.8, 4) is 0 Å². The molecule has 0 spiro atoms. The Labute approximate surface area is 157 Å². The summed E-state index contributed by atoms with van der Waals surface area (Å²) < 4.78 is 5.10. The second kappa shape index (κ2) is 10.2. The highest BCUT2D eigenvalue weighted by Crippen LogP contribution is 2.16. The first-order valence-corrected chi connectivity index (χ1v) is 9.15. The number of thiocarbonyl (C=S) groups is 1. The van der Waals surface area contributed by atoms with Crippen molar-refractivity contribution in [3.63, 3.8) is 0 Å². The van der Waals surface area contributed by atoms with Gasteiger partial charge in [0.15, 0.2) is 5.11 Å². The molecule has 2 aromatic rings. The fraction of sp³-hybridized carbons (Fsp3) is 0.381. The van der Waals surface area contributed by atoms with Crippen LogP contribution in [0.4, 0.5) is 0 Å². The normalized spacial score (nSPS) is 10.7. The molecule has 0 atom stereocenters.